The molecule has 106 valence electrons. The first-order chi connectivity index (χ1) is 8.93. The second-order valence-corrected chi connectivity index (χ2v) is 7.27. The second-order valence-electron chi connectivity index (χ2n) is 4.52. The quantitative estimate of drug-likeness (QED) is 0.908. The normalized spacial score (nSPS) is 18.3. The molecule has 0 bridgehead atoms. The summed E-state index contributed by atoms with van der Waals surface area (Å²) in [6, 6.07) is 2.94. The van der Waals surface area contributed by atoms with Gasteiger partial charge in [0.25, 0.3) is 0 Å². The molecule has 1 saturated heterocycles. The van der Waals surface area contributed by atoms with Crippen LogP contribution in [0.25, 0.3) is 0 Å². The SMILES string of the molecule is Cc1c(Cl)cc(S(=O)(=O)N2CCCNCC2)cc1Cl. The van der Waals surface area contributed by atoms with Crippen LogP contribution < -0.4 is 5.32 Å². The first kappa shape index (κ1) is 15.1. The van der Waals surface area contributed by atoms with Gasteiger partial charge in [0.15, 0.2) is 0 Å². The third kappa shape index (κ3) is 3.23. The predicted octanol–water partition coefficient (Wildman–Crippen LogP) is 2.29. The van der Waals surface area contributed by atoms with Crippen LogP contribution in [0.1, 0.15) is 12.0 Å². The maximum atomic E-state index is 12.5. The van der Waals surface area contributed by atoms with E-state index in [0.717, 1.165) is 13.0 Å². The molecule has 1 aromatic rings. The zero-order valence-electron chi connectivity index (χ0n) is 10.6. The van der Waals surface area contributed by atoms with Crippen LogP contribution in [0.2, 0.25) is 10.0 Å². The van der Waals surface area contributed by atoms with E-state index in [2.05, 4.69) is 5.32 Å². The summed E-state index contributed by atoms with van der Waals surface area (Å²) in [5.74, 6) is 0. The van der Waals surface area contributed by atoms with Gasteiger partial charge in [-0.05, 0) is 37.6 Å². The molecule has 1 fully saturated rings. The van der Waals surface area contributed by atoms with Gasteiger partial charge in [-0.2, -0.15) is 4.31 Å². The van der Waals surface area contributed by atoms with Crippen molar-refractivity contribution in [3.05, 3.63) is 27.7 Å². The molecule has 0 atom stereocenters. The van der Waals surface area contributed by atoms with E-state index in [-0.39, 0.29) is 4.90 Å². The fourth-order valence-electron chi connectivity index (χ4n) is 1.98. The van der Waals surface area contributed by atoms with Crippen molar-refractivity contribution >= 4 is 33.2 Å². The molecule has 0 aromatic heterocycles. The van der Waals surface area contributed by atoms with Crippen molar-refractivity contribution < 1.29 is 8.42 Å². The van der Waals surface area contributed by atoms with Crippen LogP contribution in [-0.4, -0.2) is 38.9 Å². The van der Waals surface area contributed by atoms with Gasteiger partial charge in [-0.25, -0.2) is 8.42 Å². The lowest BCUT2D eigenvalue weighted by Gasteiger charge is -2.20. The van der Waals surface area contributed by atoms with E-state index >= 15 is 0 Å². The standard InChI is InChI=1S/C12H16Cl2N2O2S/c1-9-11(13)7-10(8-12(9)14)19(17,18)16-5-2-3-15-4-6-16/h7-8,15H,2-6H2,1H3. The minimum atomic E-state index is -3.52. The minimum Gasteiger partial charge on any atom is -0.315 e. The van der Waals surface area contributed by atoms with Crippen molar-refractivity contribution in [1.82, 2.24) is 9.62 Å². The number of halogens is 2. The first-order valence-corrected chi connectivity index (χ1v) is 8.29. The summed E-state index contributed by atoms with van der Waals surface area (Å²) in [7, 11) is -3.52. The van der Waals surface area contributed by atoms with E-state index in [1.807, 2.05) is 0 Å². The zero-order valence-corrected chi connectivity index (χ0v) is 12.9. The molecule has 7 heteroatoms. The van der Waals surface area contributed by atoms with Gasteiger partial charge < -0.3 is 5.32 Å². The van der Waals surface area contributed by atoms with E-state index < -0.39 is 10.0 Å². The van der Waals surface area contributed by atoms with Crippen LogP contribution in [0, 0.1) is 6.92 Å². The number of rotatable bonds is 2. The average Bonchev–Trinajstić information content (AvgIpc) is 2.64. The molecule has 1 N–H and O–H groups in total. The molecule has 0 spiro atoms. The lowest BCUT2D eigenvalue weighted by molar-refractivity contribution is 0.432. The third-order valence-corrected chi connectivity index (χ3v) is 5.85. The smallest absolute Gasteiger partial charge is 0.243 e. The maximum Gasteiger partial charge on any atom is 0.243 e. The third-order valence-electron chi connectivity index (χ3n) is 3.19. The lowest BCUT2D eigenvalue weighted by Crippen LogP contribution is -2.34. The Hall–Kier alpha value is -0.330. The molecule has 1 aliphatic heterocycles. The Morgan fingerprint density at radius 1 is 1.16 bits per heavy atom. The molecule has 0 unspecified atom stereocenters. The number of nitrogens with zero attached hydrogens (tertiary/aromatic N) is 1. The molecule has 1 heterocycles. The highest BCUT2D eigenvalue weighted by atomic mass is 35.5. The van der Waals surface area contributed by atoms with Crippen LogP contribution in [0.3, 0.4) is 0 Å². The Kier molecular flexibility index (Phi) is 4.74. The molecule has 19 heavy (non-hydrogen) atoms. The summed E-state index contributed by atoms with van der Waals surface area (Å²) in [6.07, 6.45) is 0.798. The summed E-state index contributed by atoms with van der Waals surface area (Å²) < 4.78 is 26.5. The van der Waals surface area contributed by atoms with Gasteiger partial charge in [-0.3, -0.25) is 0 Å². The molecule has 0 aliphatic carbocycles. The first-order valence-electron chi connectivity index (χ1n) is 6.09. The van der Waals surface area contributed by atoms with Gasteiger partial charge in [0.05, 0.1) is 4.90 Å². The van der Waals surface area contributed by atoms with Gasteiger partial charge in [0.2, 0.25) is 10.0 Å². The average molecular weight is 323 g/mol. The van der Waals surface area contributed by atoms with Gasteiger partial charge in [0, 0.05) is 29.7 Å². The van der Waals surface area contributed by atoms with E-state index in [0.29, 0.717) is 35.2 Å². The van der Waals surface area contributed by atoms with Crippen LogP contribution >= 0.6 is 23.2 Å². The van der Waals surface area contributed by atoms with Crippen molar-refractivity contribution in [2.75, 3.05) is 26.2 Å². The number of nitrogens with one attached hydrogen (secondary N) is 1. The Morgan fingerprint density at radius 3 is 2.42 bits per heavy atom. The topological polar surface area (TPSA) is 49.4 Å². The molecule has 0 saturated carbocycles. The van der Waals surface area contributed by atoms with Crippen LogP contribution in [-0.2, 0) is 10.0 Å². The summed E-state index contributed by atoms with van der Waals surface area (Å²) in [4.78, 5) is 0.162. The number of hydrogen-bond donors (Lipinski definition) is 1. The molecule has 1 aliphatic rings. The monoisotopic (exact) mass is 322 g/mol. The van der Waals surface area contributed by atoms with Gasteiger partial charge in [-0.1, -0.05) is 23.2 Å². The second kappa shape index (κ2) is 5.97. The van der Waals surface area contributed by atoms with Crippen molar-refractivity contribution in [2.45, 2.75) is 18.2 Å². The van der Waals surface area contributed by atoms with E-state index in [4.69, 9.17) is 23.2 Å². The summed E-state index contributed by atoms with van der Waals surface area (Å²) in [5, 5.41) is 3.92. The molecule has 0 radical (unpaired) electrons. The van der Waals surface area contributed by atoms with Gasteiger partial charge in [0.1, 0.15) is 0 Å². The molecular weight excluding hydrogens is 307 g/mol. The Labute approximate surface area is 123 Å². The fraction of sp³-hybridized carbons (Fsp3) is 0.500. The fourth-order valence-corrected chi connectivity index (χ4v) is 4.13. The summed E-state index contributed by atoms with van der Waals surface area (Å²) in [5.41, 5.74) is 0.694. The highest BCUT2D eigenvalue weighted by Crippen LogP contribution is 2.29. The van der Waals surface area contributed by atoms with E-state index in [1.165, 1.54) is 16.4 Å². The van der Waals surface area contributed by atoms with Crippen molar-refractivity contribution in [3.63, 3.8) is 0 Å². The van der Waals surface area contributed by atoms with Gasteiger partial charge in [-0.15, -0.1) is 0 Å². The molecule has 0 amide bonds. The Balaban J connectivity index is 2.38. The Morgan fingerprint density at radius 2 is 1.79 bits per heavy atom. The van der Waals surface area contributed by atoms with Gasteiger partial charge >= 0.3 is 0 Å². The molecule has 4 nitrogen and oxygen atoms in total. The van der Waals surface area contributed by atoms with Crippen molar-refractivity contribution in [3.8, 4) is 0 Å². The highest BCUT2D eigenvalue weighted by Gasteiger charge is 2.26. The molecule has 1 aromatic carbocycles. The predicted molar refractivity (Wildman–Crippen MR) is 77.4 cm³/mol. The minimum absolute atomic E-state index is 0.162. The van der Waals surface area contributed by atoms with Crippen LogP contribution in [0.4, 0.5) is 0 Å². The number of sulfonamides is 1. The zero-order chi connectivity index (χ0) is 14.0. The van der Waals surface area contributed by atoms with Crippen LogP contribution in [0.15, 0.2) is 17.0 Å². The molecule has 2 rings (SSSR count). The Bertz CT molecular complexity index is 544. The summed E-state index contributed by atoms with van der Waals surface area (Å²) in [6.45, 7) is 4.23. The number of hydrogen-bond acceptors (Lipinski definition) is 3. The lowest BCUT2D eigenvalue weighted by atomic mass is 10.2. The summed E-state index contributed by atoms with van der Waals surface area (Å²) >= 11 is 12.0. The van der Waals surface area contributed by atoms with Crippen molar-refractivity contribution in [1.29, 1.82) is 0 Å². The van der Waals surface area contributed by atoms with Crippen molar-refractivity contribution in [2.24, 2.45) is 0 Å². The van der Waals surface area contributed by atoms with Crippen LogP contribution in [0.5, 0.6) is 0 Å². The number of benzene rings is 1. The maximum absolute atomic E-state index is 12.5. The molecular formula is C12H16Cl2N2O2S. The van der Waals surface area contributed by atoms with E-state index in [9.17, 15) is 8.42 Å². The van der Waals surface area contributed by atoms with E-state index in [1.54, 1.807) is 6.92 Å². The highest BCUT2D eigenvalue weighted by molar-refractivity contribution is 7.89. The largest absolute Gasteiger partial charge is 0.315 e.